The van der Waals surface area contributed by atoms with Crippen LogP contribution in [0, 0.1) is 6.92 Å². The summed E-state index contributed by atoms with van der Waals surface area (Å²) in [4.78, 5) is 28.6. The number of carbonyl (C=O) groups excluding carboxylic acids is 2. The number of hydrogen-bond acceptors (Lipinski definition) is 6. The molecule has 0 radical (unpaired) electrons. The fourth-order valence-electron chi connectivity index (χ4n) is 2.56. The molecule has 2 aromatic carbocycles. The molecule has 0 saturated carbocycles. The monoisotopic (exact) mass is 432 g/mol. The second kappa shape index (κ2) is 9.93. The molecule has 6 nitrogen and oxygen atoms in total. The van der Waals surface area contributed by atoms with Crippen molar-refractivity contribution in [3.8, 4) is 5.75 Å². The van der Waals surface area contributed by atoms with Crippen LogP contribution in [0.25, 0.3) is 0 Å². The summed E-state index contributed by atoms with van der Waals surface area (Å²) in [6.07, 6.45) is 0.0972. The maximum atomic E-state index is 12.3. The first-order valence-electron chi connectivity index (χ1n) is 8.91. The fourth-order valence-corrected chi connectivity index (χ4v) is 3.34. The minimum absolute atomic E-state index is 0.0845. The molecule has 1 N–H and O–H groups in total. The molecule has 30 heavy (non-hydrogen) atoms. The molecule has 0 saturated heterocycles. The largest absolute Gasteiger partial charge is 0.456 e. The zero-order valence-electron chi connectivity index (χ0n) is 15.9. The first kappa shape index (κ1) is 21.4. The van der Waals surface area contributed by atoms with Gasteiger partial charge in [0.1, 0.15) is 17.4 Å². The molecule has 0 fully saturated rings. The minimum Gasteiger partial charge on any atom is -0.456 e. The van der Waals surface area contributed by atoms with E-state index in [0.717, 1.165) is 11.3 Å². The van der Waals surface area contributed by atoms with E-state index in [1.807, 2.05) is 31.2 Å². The van der Waals surface area contributed by atoms with Crippen LogP contribution in [0.2, 0.25) is 0 Å². The van der Waals surface area contributed by atoms with E-state index in [9.17, 15) is 18.4 Å². The highest BCUT2D eigenvalue weighted by molar-refractivity contribution is 7.09. The Morgan fingerprint density at radius 3 is 2.73 bits per heavy atom. The molecule has 3 rings (SSSR count). The number of esters is 1. The summed E-state index contributed by atoms with van der Waals surface area (Å²) in [7, 11) is 0. The van der Waals surface area contributed by atoms with Crippen molar-refractivity contribution in [3.05, 3.63) is 75.7 Å². The first-order valence-corrected chi connectivity index (χ1v) is 9.79. The van der Waals surface area contributed by atoms with Crippen molar-refractivity contribution in [2.75, 3.05) is 5.32 Å². The molecule has 0 bridgehead atoms. The van der Waals surface area contributed by atoms with Gasteiger partial charge in [-0.25, -0.2) is 9.78 Å². The molecule has 0 aliphatic carbocycles. The van der Waals surface area contributed by atoms with Crippen molar-refractivity contribution in [2.45, 2.75) is 26.6 Å². The molecule has 0 unspecified atom stereocenters. The Bertz CT molecular complexity index is 1040. The van der Waals surface area contributed by atoms with Crippen LogP contribution in [0.5, 0.6) is 5.75 Å². The number of para-hydroxylation sites is 1. The van der Waals surface area contributed by atoms with E-state index in [0.29, 0.717) is 10.7 Å². The van der Waals surface area contributed by atoms with Crippen LogP contribution >= 0.6 is 11.3 Å². The lowest BCUT2D eigenvalue weighted by molar-refractivity contribution is -0.115. The summed E-state index contributed by atoms with van der Waals surface area (Å²) >= 11 is 1.28. The van der Waals surface area contributed by atoms with E-state index in [4.69, 9.17) is 4.74 Å². The maximum Gasteiger partial charge on any atom is 0.387 e. The molecule has 9 heteroatoms. The summed E-state index contributed by atoms with van der Waals surface area (Å²) in [5.41, 5.74) is 2.28. The molecule has 0 atom stereocenters. The van der Waals surface area contributed by atoms with E-state index in [2.05, 4.69) is 15.0 Å². The molecule has 1 heterocycles. The van der Waals surface area contributed by atoms with Crippen LogP contribution in [0.1, 0.15) is 26.6 Å². The number of ether oxygens (including phenoxy) is 2. The Labute approximate surface area is 175 Å². The number of anilines is 1. The van der Waals surface area contributed by atoms with Gasteiger partial charge in [0.05, 0.1) is 17.7 Å². The Morgan fingerprint density at radius 1 is 1.17 bits per heavy atom. The highest BCUT2D eigenvalue weighted by atomic mass is 32.1. The predicted molar refractivity (Wildman–Crippen MR) is 108 cm³/mol. The topological polar surface area (TPSA) is 77.5 Å². The van der Waals surface area contributed by atoms with E-state index >= 15 is 0 Å². The van der Waals surface area contributed by atoms with Crippen molar-refractivity contribution in [1.29, 1.82) is 0 Å². The van der Waals surface area contributed by atoms with Gasteiger partial charge in [-0.3, -0.25) is 4.79 Å². The Morgan fingerprint density at radius 2 is 1.97 bits per heavy atom. The lowest BCUT2D eigenvalue weighted by Crippen LogP contribution is -2.15. The Hall–Kier alpha value is -3.33. The van der Waals surface area contributed by atoms with Crippen molar-refractivity contribution in [2.24, 2.45) is 0 Å². The van der Waals surface area contributed by atoms with Crippen LogP contribution < -0.4 is 10.1 Å². The first-order chi connectivity index (χ1) is 14.4. The Balaban J connectivity index is 1.52. The highest BCUT2D eigenvalue weighted by Crippen LogP contribution is 2.18. The highest BCUT2D eigenvalue weighted by Gasteiger charge is 2.13. The van der Waals surface area contributed by atoms with E-state index in [1.165, 1.54) is 35.6 Å². The zero-order valence-corrected chi connectivity index (χ0v) is 16.7. The molecule has 1 aromatic heterocycles. The number of carbonyl (C=O) groups is 2. The van der Waals surface area contributed by atoms with Gasteiger partial charge >= 0.3 is 12.6 Å². The van der Waals surface area contributed by atoms with Gasteiger partial charge in [0.25, 0.3) is 0 Å². The second-order valence-electron chi connectivity index (χ2n) is 6.25. The SMILES string of the molecule is Cc1ccccc1NC(=O)Cc1nc(COC(=O)c2cccc(OC(F)F)c2)cs1. The number of nitrogens with zero attached hydrogens (tertiary/aromatic N) is 1. The third-order valence-corrected chi connectivity index (χ3v) is 4.87. The van der Waals surface area contributed by atoms with Gasteiger partial charge < -0.3 is 14.8 Å². The van der Waals surface area contributed by atoms with Crippen LogP contribution in [-0.2, 0) is 22.6 Å². The molecular weight excluding hydrogens is 414 g/mol. The molecule has 0 spiro atoms. The normalized spacial score (nSPS) is 10.7. The van der Waals surface area contributed by atoms with Crippen molar-refractivity contribution >= 4 is 28.9 Å². The number of halogens is 2. The number of rotatable bonds is 8. The molecule has 3 aromatic rings. The van der Waals surface area contributed by atoms with Crippen LogP contribution in [-0.4, -0.2) is 23.5 Å². The molecular formula is C21H18F2N2O4S. The molecule has 0 aliphatic rings. The van der Waals surface area contributed by atoms with Gasteiger partial charge in [0.2, 0.25) is 5.91 Å². The summed E-state index contributed by atoms with van der Waals surface area (Å²) in [6, 6.07) is 12.8. The molecule has 1 amide bonds. The van der Waals surface area contributed by atoms with Crippen LogP contribution in [0.3, 0.4) is 0 Å². The lowest BCUT2D eigenvalue weighted by Gasteiger charge is -2.07. The molecule has 156 valence electrons. The summed E-state index contributed by atoms with van der Waals surface area (Å²) < 4.78 is 34.0. The average molecular weight is 432 g/mol. The smallest absolute Gasteiger partial charge is 0.387 e. The van der Waals surface area contributed by atoms with Gasteiger partial charge in [0, 0.05) is 11.1 Å². The number of alkyl halides is 2. The number of nitrogens with one attached hydrogen (secondary N) is 1. The average Bonchev–Trinajstić information content (AvgIpc) is 3.15. The quantitative estimate of drug-likeness (QED) is 0.527. The van der Waals surface area contributed by atoms with Crippen LogP contribution in [0.15, 0.2) is 53.9 Å². The number of aromatic nitrogens is 1. The summed E-state index contributed by atoms with van der Waals surface area (Å²) in [6.45, 7) is -1.18. The summed E-state index contributed by atoms with van der Waals surface area (Å²) in [5.74, 6) is -1.02. The molecule has 0 aliphatic heterocycles. The van der Waals surface area contributed by atoms with Gasteiger partial charge in [-0.15, -0.1) is 11.3 Å². The summed E-state index contributed by atoms with van der Waals surface area (Å²) in [5, 5.41) is 5.11. The Kier molecular flexibility index (Phi) is 7.08. The van der Waals surface area contributed by atoms with Crippen molar-refractivity contribution in [1.82, 2.24) is 4.98 Å². The predicted octanol–water partition coefficient (Wildman–Crippen LogP) is 4.59. The van der Waals surface area contributed by atoms with Gasteiger partial charge in [-0.1, -0.05) is 24.3 Å². The van der Waals surface area contributed by atoms with Crippen molar-refractivity contribution in [3.63, 3.8) is 0 Å². The van der Waals surface area contributed by atoms with E-state index in [-0.39, 0.29) is 30.2 Å². The lowest BCUT2D eigenvalue weighted by atomic mass is 10.2. The van der Waals surface area contributed by atoms with Gasteiger partial charge in [-0.05, 0) is 36.8 Å². The third-order valence-electron chi connectivity index (χ3n) is 3.98. The van der Waals surface area contributed by atoms with E-state index in [1.54, 1.807) is 5.38 Å². The number of thiazole rings is 1. The fraction of sp³-hybridized carbons (Fsp3) is 0.190. The van der Waals surface area contributed by atoms with Crippen molar-refractivity contribution < 1.29 is 27.8 Å². The number of aryl methyl sites for hydroxylation is 1. The maximum absolute atomic E-state index is 12.3. The van der Waals surface area contributed by atoms with Gasteiger partial charge in [-0.2, -0.15) is 8.78 Å². The second-order valence-corrected chi connectivity index (χ2v) is 7.20. The number of benzene rings is 2. The third kappa shape index (κ3) is 6.08. The standard InChI is InChI=1S/C21H18F2N2O4S/c1-13-5-2-3-8-17(13)25-18(26)10-19-24-15(12-30-19)11-28-20(27)14-6-4-7-16(9-14)29-21(22)23/h2-9,12,21H,10-11H2,1H3,(H,25,26). The number of hydrogen-bond donors (Lipinski definition) is 1. The van der Waals surface area contributed by atoms with Gasteiger partial charge in [0.15, 0.2) is 0 Å². The van der Waals surface area contributed by atoms with E-state index < -0.39 is 12.6 Å². The number of amides is 1. The van der Waals surface area contributed by atoms with Crippen LogP contribution in [0.4, 0.5) is 14.5 Å². The minimum atomic E-state index is -2.98. The zero-order chi connectivity index (χ0) is 21.5.